The summed E-state index contributed by atoms with van der Waals surface area (Å²) in [6.45, 7) is 11.6. The summed E-state index contributed by atoms with van der Waals surface area (Å²) in [7, 11) is 0. The van der Waals surface area contributed by atoms with E-state index in [1.54, 1.807) is 0 Å². The second-order valence-electron chi connectivity index (χ2n) is 9.64. The summed E-state index contributed by atoms with van der Waals surface area (Å²) in [5.74, 6) is 1.30. The number of aromatic nitrogens is 4. The molecule has 190 valence electrons. The molecule has 3 aliphatic rings. The number of benzene rings is 1. The fourth-order valence-corrected chi connectivity index (χ4v) is 4.93. The molecule has 6 rings (SSSR count). The molecule has 0 spiro atoms. The lowest BCUT2D eigenvalue weighted by Gasteiger charge is -2.43. The lowest BCUT2D eigenvalue weighted by atomic mass is 10.1. The van der Waals surface area contributed by atoms with Gasteiger partial charge in [0, 0.05) is 39.3 Å². The highest BCUT2D eigenvalue weighted by atomic mass is 16.5. The standard InChI is InChI=1S/C25H33N9O2/c1-19-3-2-4-20(13-19)14-27-30-23-22-24(29-25(28-23)33-7-11-36-12-8-33)34(17-26-22)21-15-32(16-21)18-31-5-9-35-10-6-31/h2-4,13-14,17,21H,5-12,15-16,18H2,1H3,(H,28,29,30). The van der Waals surface area contributed by atoms with Gasteiger partial charge in [0.25, 0.3) is 0 Å². The van der Waals surface area contributed by atoms with E-state index in [2.05, 4.69) is 48.9 Å². The first kappa shape index (κ1) is 23.3. The molecule has 3 saturated heterocycles. The van der Waals surface area contributed by atoms with Gasteiger partial charge in [-0.1, -0.05) is 29.8 Å². The number of imidazole rings is 1. The number of nitrogens with one attached hydrogen (secondary N) is 1. The zero-order chi connectivity index (χ0) is 24.3. The van der Waals surface area contributed by atoms with Crippen molar-refractivity contribution in [3.8, 4) is 0 Å². The number of fused-ring (bicyclic) bond motifs is 1. The fraction of sp³-hybridized carbons (Fsp3) is 0.520. The van der Waals surface area contributed by atoms with E-state index in [0.29, 0.717) is 31.0 Å². The van der Waals surface area contributed by atoms with Crippen molar-refractivity contribution in [2.24, 2.45) is 5.10 Å². The highest BCUT2D eigenvalue weighted by Crippen LogP contribution is 2.29. The number of rotatable bonds is 7. The Morgan fingerprint density at radius 1 is 1.03 bits per heavy atom. The average molecular weight is 492 g/mol. The van der Waals surface area contributed by atoms with Crippen LogP contribution in [0.3, 0.4) is 0 Å². The smallest absolute Gasteiger partial charge is 0.229 e. The minimum Gasteiger partial charge on any atom is -0.379 e. The van der Waals surface area contributed by atoms with Crippen molar-refractivity contribution < 1.29 is 9.47 Å². The summed E-state index contributed by atoms with van der Waals surface area (Å²) in [6, 6.07) is 8.56. The van der Waals surface area contributed by atoms with Crippen LogP contribution in [0.4, 0.5) is 11.8 Å². The molecule has 0 radical (unpaired) electrons. The molecule has 3 aromatic rings. The van der Waals surface area contributed by atoms with Gasteiger partial charge in [0.1, 0.15) is 0 Å². The number of likely N-dealkylation sites (tertiary alicyclic amines) is 1. The van der Waals surface area contributed by atoms with Crippen molar-refractivity contribution in [1.82, 2.24) is 29.3 Å². The predicted molar refractivity (Wildman–Crippen MR) is 139 cm³/mol. The van der Waals surface area contributed by atoms with Gasteiger partial charge in [-0.05, 0) is 12.5 Å². The number of hydrogen-bond acceptors (Lipinski definition) is 10. The molecule has 0 amide bonds. The maximum atomic E-state index is 5.54. The molecule has 3 fully saturated rings. The molecule has 0 atom stereocenters. The highest BCUT2D eigenvalue weighted by molar-refractivity contribution is 5.86. The predicted octanol–water partition coefficient (Wildman–Crippen LogP) is 1.56. The van der Waals surface area contributed by atoms with Gasteiger partial charge in [-0.15, -0.1) is 0 Å². The summed E-state index contributed by atoms with van der Waals surface area (Å²) in [6.07, 6.45) is 3.70. The van der Waals surface area contributed by atoms with Crippen molar-refractivity contribution in [2.75, 3.05) is 82.7 Å². The van der Waals surface area contributed by atoms with Gasteiger partial charge in [-0.25, -0.2) is 4.98 Å². The zero-order valence-corrected chi connectivity index (χ0v) is 20.7. The number of hydrogen-bond donors (Lipinski definition) is 1. The summed E-state index contributed by atoms with van der Waals surface area (Å²) >= 11 is 0. The Morgan fingerprint density at radius 3 is 2.58 bits per heavy atom. The Kier molecular flexibility index (Phi) is 6.77. The molecule has 1 N–H and O–H groups in total. The van der Waals surface area contributed by atoms with Gasteiger partial charge in [0.05, 0.1) is 51.7 Å². The van der Waals surface area contributed by atoms with E-state index >= 15 is 0 Å². The third kappa shape index (κ3) is 5.05. The average Bonchev–Trinajstić information content (AvgIpc) is 3.31. The minimum atomic E-state index is 0.340. The molecule has 36 heavy (non-hydrogen) atoms. The van der Waals surface area contributed by atoms with Crippen LogP contribution in [0.25, 0.3) is 11.2 Å². The topological polar surface area (TPSA) is 96.2 Å². The van der Waals surface area contributed by atoms with Crippen LogP contribution in [0.15, 0.2) is 35.7 Å². The van der Waals surface area contributed by atoms with Crippen LogP contribution in [0.5, 0.6) is 0 Å². The lowest BCUT2D eigenvalue weighted by molar-refractivity contribution is -0.0171. The van der Waals surface area contributed by atoms with E-state index in [-0.39, 0.29) is 0 Å². The van der Waals surface area contributed by atoms with Crippen molar-refractivity contribution >= 4 is 29.1 Å². The molecular formula is C25H33N9O2. The van der Waals surface area contributed by atoms with Crippen LogP contribution in [0, 0.1) is 6.92 Å². The Morgan fingerprint density at radius 2 is 1.81 bits per heavy atom. The van der Waals surface area contributed by atoms with E-state index in [0.717, 1.165) is 75.9 Å². The maximum Gasteiger partial charge on any atom is 0.229 e. The summed E-state index contributed by atoms with van der Waals surface area (Å²) in [4.78, 5) is 21.6. The van der Waals surface area contributed by atoms with Crippen molar-refractivity contribution in [3.05, 3.63) is 41.7 Å². The number of anilines is 2. The molecule has 5 heterocycles. The van der Waals surface area contributed by atoms with E-state index in [4.69, 9.17) is 24.4 Å². The van der Waals surface area contributed by atoms with E-state index in [1.807, 2.05) is 24.7 Å². The number of nitrogens with zero attached hydrogens (tertiary/aromatic N) is 8. The van der Waals surface area contributed by atoms with Crippen LogP contribution in [0.2, 0.25) is 0 Å². The van der Waals surface area contributed by atoms with Crippen LogP contribution >= 0.6 is 0 Å². The molecule has 11 heteroatoms. The molecule has 0 aliphatic carbocycles. The first-order valence-electron chi connectivity index (χ1n) is 12.7. The molecule has 11 nitrogen and oxygen atoms in total. The van der Waals surface area contributed by atoms with Gasteiger partial charge < -0.3 is 18.9 Å². The van der Waals surface area contributed by atoms with Gasteiger partial charge in [0.2, 0.25) is 5.95 Å². The second-order valence-corrected chi connectivity index (χ2v) is 9.64. The monoisotopic (exact) mass is 491 g/mol. The van der Waals surface area contributed by atoms with Crippen molar-refractivity contribution in [2.45, 2.75) is 13.0 Å². The first-order valence-corrected chi connectivity index (χ1v) is 12.7. The number of morpholine rings is 2. The number of aryl methyl sites for hydroxylation is 1. The van der Waals surface area contributed by atoms with Crippen LogP contribution in [-0.4, -0.2) is 108 Å². The minimum absolute atomic E-state index is 0.340. The molecular weight excluding hydrogens is 458 g/mol. The Labute approximate surface area is 210 Å². The zero-order valence-electron chi connectivity index (χ0n) is 20.7. The van der Waals surface area contributed by atoms with E-state index < -0.39 is 0 Å². The summed E-state index contributed by atoms with van der Waals surface area (Å²) in [5.41, 5.74) is 6.95. The quantitative estimate of drug-likeness (QED) is 0.390. The molecule has 1 aromatic carbocycles. The molecule has 0 unspecified atom stereocenters. The normalized spacial score (nSPS) is 20.3. The molecule has 3 aliphatic heterocycles. The molecule has 2 aromatic heterocycles. The molecule has 0 bridgehead atoms. The largest absolute Gasteiger partial charge is 0.379 e. The highest BCUT2D eigenvalue weighted by Gasteiger charge is 2.32. The second kappa shape index (κ2) is 10.5. The SMILES string of the molecule is Cc1cccc(C=NNc2nc(N3CCOCC3)nc3c2ncn3C2CN(CN3CCOCC3)C2)c1. The van der Waals surface area contributed by atoms with Crippen LogP contribution in [-0.2, 0) is 9.47 Å². The Bertz CT molecular complexity index is 1210. The Balaban J connectivity index is 1.23. The number of hydrazone groups is 1. The van der Waals surface area contributed by atoms with E-state index in [1.165, 1.54) is 5.56 Å². The van der Waals surface area contributed by atoms with Gasteiger partial charge in [-0.2, -0.15) is 15.1 Å². The van der Waals surface area contributed by atoms with Crippen molar-refractivity contribution in [3.63, 3.8) is 0 Å². The lowest BCUT2D eigenvalue weighted by Crippen LogP contribution is -2.53. The first-order chi connectivity index (χ1) is 17.7. The van der Waals surface area contributed by atoms with Gasteiger partial charge >= 0.3 is 0 Å². The third-order valence-corrected chi connectivity index (χ3v) is 6.96. The van der Waals surface area contributed by atoms with Crippen molar-refractivity contribution in [1.29, 1.82) is 0 Å². The van der Waals surface area contributed by atoms with Gasteiger partial charge in [-0.3, -0.25) is 15.2 Å². The Hall–Kier alpha value is -3.12. The third-order valence-electron chi connectivity index (χ3n) is 6.96. The van der Waals surface area contributed by atoms with E-state index in [9.17, 15) is 0 Å². The van der Waals surface area contributed by atoms with Crippen LogP contribution in [0.1, 0.15) is 17.2 Å². The molecule has 0 saturated carbocycles. The summed E-state index contributed by atoms with van der Waals surface area (Å²) in [5, 5.41) is 4.47. The van der Waals surface area contributed by atoms with Gasteiger partial charge in [0.15, 0.2) is 17.0 Å². The summed E-state index contributed by atoms with van der Waals surface area (Å²) < 4.78 is 13.2. The fourth-order valence-electron chi connectivity index (χ4n) is 4.93. The maximum absolute atomic E-state index is 5.54. The number of ether oxygens (including phenoxy) is 2. The van der Waals surface area contributed by atoms with Crippen LogP contribution < -0.4 is 10.3 Å².